The van der Waals surface area contributed by atoms with Crippen molar-refractivity contribution < 1.29 is 48.3 Å². The molecule has 2 N–H and O–H groups in total. The fraction of sp³-hybridized carbons (Fsp3) is 0.516. The van der Waals surface area contributed by atoms with Crippen LogP contribution in [-0.2, 0) is 27.5 Å². The highest BCUT2D eigenvalue weighted by molar-refractivity contribution is 7.98. The molecule has 0 aromatic heterocycles. The van der Waals surface area contributed by atoms with E-state index in [1.165, 1.54) is 44.9 Å². The van der Waals surface area contributed by atoms with Crippen molar-refractivity contribution >= 4 is 23.6 Å². The first-order valence-corrected chi connectivity index (χ1v) is 29.0. The lowest BCUT2D eigenvalue weighted by atomic mass is 9.55. The van der Waals surface area contributed by atoms with Crippen LogP contribution in [0.2, 0.25) is 0 Å². The fourth-order valence-corrected chi connectivity index (χ4v) is 12.0. The van der Waals surface area contributed by atoms with Crippen molar-refractivity contribution in [3.8, 4) is 28.7 Å². The molecule has 2 heterocycles. The number of unbranched alkanes of at least 4 members (excludes halogenated alkanes) is 11. The zero-order chi connectivity index (χ0) is 52.2. The van der Waals surface area contributed by atoms with E-state index in [1.807, 2.05) is 72.8 Å². The quantitative estimate of drug-likeness (QED) is 0.0216. The molecular formula is C62H80N2O10S. The summed E-state index contributed by atoms with van der Waals surface area (Å²) in [6.45, 7) is 7.49. The number of oxime groups is 1. The number of benzene rings is 4. The molecule has 4 aromatic carbocycles. The van der Waals surface area contributed by atoms with Gasteiger partial charge < -0.3 is 43.5 Å². The molecule has 1 saturated carbocycles. The Kier molecular flexibility index (Phi) is 21.3. The second-order valence-corrected chi connectivity index (χ2v) is 21.3. The number of amides is 1. The van der Waals surface area contributed by atoms with Crippen LogP contribution in [-0.4, -0.2) is 78.2 Å². The van der Waals surface area contributed by atoms with E-state index in [0.717, 1.165) is 77.9 Å². The molecular weight excluding hydrogens is 965 g/mol. The summed E-state index contributed by atoms with van der Waals surface area (Å²) in [4.78, 5) is 24.6. The molecule has 2 aliphatic heterocycles. The number of carbonyl (C=O) groups excluding carboxylic acids is 1. The van der Waals surface area contributed by atoms with Gasteiger partial charge in [-0.3, -0.25) is 4.90 Å². The van der Waals surface area contributed by atoms with Gasteiger partial charge in [0.2, 0.25) is 12.6 Å². The van der Waals surface area contributed by atoms with Gasteiger partial charge in [-0.25, -0.2) is 4.79 Å². The van der Waals surface area contributed by atoms with E-state index in [2.05, 4.69) is 44.0 Å². The summed E-state index contributed by atoms with van der Waals surface area (Å²) in [6, 6.07) is 29.1. The predicted octanol–water partition coefficient (Wildman–Crippen LogP) is 14.3. The average Bonchev–Trinajstić information content (AvgIpc) is 3.94. The normalized spacial score (nSPS) is 21.6. The summed E-state index contributed by atoms with van der Waals surface area (Å²) in [5, 5.41) is 25.3. The number of nitrogens with zero attached hydrogens (tertiary/aromatic N) is 2. The predicted molar refractivity (Wildman–Crippen MR) is 296 cm³/mol. The van der Waals surface area contributed by atoms with E-state index in [4.69, 9.17) is 38.4 Å². The second-order valence-electron chi connectivity index (χ2n) is 20.4. The van der Waals surface area contributed by atoms with Crippen LogP contribution < -0.4 is 18.9 Å². The van der Waals surface area contributed by atoms with Gasteiger partial charge in [-0.05, 0) is 121 Å². The average molecular weight is 1050 g/mol. The van der Waals surface area contributed by atoms with E-state index in [9.17, 15) is 10.2 Å². The van der Waals surface area contributed by atoms with Gasteiger partial charge in [0.05, 0.1) is 24.8 Å². The van der Waals surface area contributed by atoms with E-state index in [-0.39, 0.29) is 70.5 Å². The van der Waals surface area contributed by atoms with Gasteiger partial charge in [-0.15, -0.1) is 18.3 Å². The topological polar surface area (TPSA) is 138 Å². The van der Waals surface area contributed by atoms with Crippen LogP contribution in [0.5, 0.6) is 28.7 Å². The van der Waals surface area contributed by atoms with Crippen LogP contribution in [0.25, 0.3) is 0 Å². The molecule has 4 aliphatic rings. The van der Waals surface area contributed by atoms with E-state index >= 15 is 4.79 Å². The smallest absolute Gasteiger partial charge is 0.410 e. The standard InChI is InChI=1S/C62H80N2O10S/c1-4-6-7-8-9-10-11-12-13-21-37-68-61(67)64(42-46-26-32-56-57(38-46)70-44-69-56)58-41-54(63-72-43-45-22-15-14-16-23-45)52-39-47(24-17-19-34-65)51(25-18-20-35-66)59-53-40-49(73-48-27-30-50(75-3)31-28-48)29-33-55(53)74-62(58,60(52)59)71-36-5-2/h5,14-16,22-23,26-33,38-40,47,51,58-60,65-66H,2,4,6-13,17-21,24-25,34-37,41-44H2,1,3H3. The SMILES string of the molecule is C=CCOC12Oc3ccc(Oc4ccc(SC)cc4)cc3C3C(CCCCO)C(CCCCO)C=C(C(=NOCc4ccccc4)CC1N(Cc1ccc4c(c1)OCO4)C(=O)OCCCCCCCCCCCC)C32. The van der Waals surface area contributed by atoms with Gasteiger partial charge in [0.15, 0.2) is 11.5 Å². The van der Waals surface area contributed by atoms with Gasteiger partial charge in [-0.2, -0.15) is 0 Å². The van der Waals surface area contributed by atoms with Gasteiger partial charge in [0, 0.05) is 42.6 Å². The number of rotatable bonds is 31. The highest BCUT2D eigenvalue weighted by atomic mass is 32.2. The minimum absolute atomic E-state index is 0.0327. The van der Waals surface area contributed by atoms with Crippen LogP contribution in [0.15, 0.2) is 125 Å². The molecule has 8 rings (SSSR count). The molecule has 404 valence electrons. The Balaban J connectivity index is 1.23. The maximum atomic E-state index is 15.3. The van der Waals surface area contributed by atoms with Crippen LogP contribution >= 0.6 is 11.8 Å². The van der Waals surface area contributed by atoms with E-state index in [0.29, 0.717) is 41.6 Å². The third-order valence-electron chi connectivity index (χ3n) is 15.3. The highest BCUT2D eigenvalue weighted by Gasteiger charge is 2.66. The Morgan fingerprint density at radius 2 is 1.51 bits per heavy atom. The van der Waals surface area contributed by atoms with Crippen molar-refractivity contribution in [1.29, 1.82) is 0 Å². The number of fused-ring (bicyclic) bond motifs is 3. The number of aliphatic hydroxyl groups is 2. The molecule has 0 saturated heterocycles. The zero-order valence-corrected chi connectivity index (χ0v) is 45.2. The number of thioether (sulfide) groups is 1. The molecule has 6 unspecified atom stereocenters. The van der Waals surface area contributed by atoms with E-state index < -0.39 is 23.8 Å². The monoisotopic (exact) mass is 1040 g/mol. The van der Waals surface area contributed by atoms with Crippen LogP contribution in [0.1, 0.15) is 139 Å². The lowest BCUT2D eigenvalue weighted by molar-refractivity contribution is -0.256. The lowest BCUT2D eigenvalue weighted by Crippen LogP contribution is -2.70. The summed E-state index contributed by atoms with van der Waals surface area (Å²) in [5.41, 5.74) is 4.43. The third-order valence-corrected chi connectivity index (χ3v) is 16.1. The van der Waals surface area contributed by atoms with Crippen LogP contribution in [0, 0.1) is 17.8 Å². The van der Waals surface area contributed by atoms with Gasteiger partial charge in [0.25, 0.3) is 0 Å². The summed E-state index contributed by atoms with van der Waals surface area (Å²) in [7, 11) is 0. The van der Waals surface area contributed by atoms with Gasteiger partial charge in [0.1, 0.15) is 29.9 Å². The molecule has 0 radical (unpaired) electrons. The molecule has 4 aromatic rings. The zero-order valence-electron chi connectivity index (χ0n) is 44.3. The number of hydrogen-bond acceptors (Lipinski definition) is 12. The Labute approximate surface area is 449 Å². The van der Waals surface area contributed by atoms with Crippen molar-refractivity contribution in [1.82, 2.24) is 4.90 Å². The largest absolute Gasteiger partial charge is 0.459 e. The molecule has 6 atom stereocenters. The maximum Gasteiger partial charge on any atom is 0.410 e. The molecule has 12 nitrogen and oxygen atoms in total. The fourth-order valence-electron chi connectivity index (χ4n) is 11.6. The minimum Gasteiger partial charge on any atom is -0.459 e. The Morgan fingerprint density at radius 1 is 0.800 bits per heavy atom. The first-order chi connectivity index (χ1) is 36.9. The first kappa shape index (κ1) is 55.8. The Hall–Kier alpha value is -5.47. The minimum atomic E-state index is -1.48. The van der Waals surface area contributed by atoms with Crippen molar-refractivity contribution in [2.75, 3.05) is 39.5 Å². The van der Waals surface area contributed by atoms with Crippen molar-refractivity contribution in [2.24, 2.45) is 22.9 Å². The molecule has 75 heavy (non-hydrogen) atoms. The molecule has 2 aliphatic carbocycles. The van der Waals surface area contributed by atoms with Crippen molar-refractivity contribution in [2.45, 2.75) is 152 Å². The first-order valence-electron chi connectivity index (χ1n) is 27.8. The van der Waals surface area contributed by atoms with Gasteiger partial charge >= 0.3 is 6.09 Å². The molecule has 0 spiro atoms. The molecule has 0 bridgehead atoms. The number of ether oxygens (including phenoxy) is 6. The molecule has 1 fully saturated rings. The summed E-state index contributed by atoms with van der Waals surface area (Å²) in [6.07, 6.45) is 22.1. The van der Waals surface area contributed by atoms with Gasteiger partial charge in [-0.1, -0.05) is 131 Å². The van der Waals surface area contributed by atoms with Crippen LogP contribution in [0.4, 0.5) is 4.79 Å². The summed E-state index contributed by atoms with van der Waals surface area (Å²) in [5.74, 6) is 1.15. The van der Waals surface area contributed by atoms with Crippen molar-refractivity contribution in [3.05, 3.63) is 132 Å². The van der Waals surface area contributed by atoms with Crippen LogP contribution in [0.3, 0.4) is 0 Å². The van der Waals surface area contributed by atoms with E-state index in [1.54, 1.807) is 22.7 Å². The number of carbonyl (C=O) groups is 1. The Morgan fingerprint density at radius 3 is 2.24 bits per heavy atom. The third kappa shape index (κ3) is 14.3. The summed E-state index contributed by atoms with van der Waals surface area (Å²) < 4.78 is 39.4. The second kappa shape index (κ2) is 28.6. The van der Waals surface area contributed by atoms with Crippen molar-refractivity contribution in [3.63, 3.8) is 0 Å². The number of aliphatic hydroxyl groups excluding tert-OH is 2. The maximum absolute atomic E-state index is 15.3. The molecule has 13 heteroatoms. The highest BCUT2D eigenvalue weighted by Crippen LogP contribution is 2.62. The Bertz CT molecular complexity index is 2480. The molecule has 1 amide bonds. The number of hydrogen-bond donors (Lipinski definition) is 2. The lowest BCUT2D eigenvalue weighted by Gasteiger charge is -2.59. The number of allylic oxidation sites excluding steroid dienone is 1. The summed E-state index contributed by atoms with van der Waals surface area (Å²) >= 11 is 1.68.